The van der Waals surface area contributed by atoms with Gasteiger partial charge in [0, 0.05) is 25.7 Å². The molecule has 0 bridgehead atoms. The number of rotatable bonds is 1. The van der Waals surface area contributed by atoms with Crippen molar-refractivity contribution < 1.29 is 19.3 Å². The fourth-order valence-electron chi connectivity index (χ4n) is 3.25. The minimum atomic E-state index is -0.714. The highest BCUT2D eigenvalue weighted by Gasteiger charge is 2.52. The fourth-order valence-corrected chi connectivity index (χ4v) is 3.25. The van der Waals surface area contributed by atoms with Gasteiger partial charge >= 0.3 is 0 Å². The fraction of sp³-hybridized carbons (Fsp3) is 0.812. The van der Waals surface area contributed by atoms with Crippen LogP contribution in [0.2, 0.25) is 0 Å². The van der Waals surface area contributed by atoms with Crippen LogP contribution < -0.4 is 0 Å². The summed E-state index contributed by atoms with van der Waals surface area (Å²) in [6.07, 6.45) is 6.33. The highest BCUT2D eigenvalue weighted by molar-refractivity contribution is 5.79. The summed E-state index contributed by atoms with van der Waals surface area (Å²) in [6.45, 7) is 6.47. The van der Waals surface area contributed by atoms with Crippen LogP contribution in [0.5, 0.6) is 0 Å². The molecule has 0 amide bonds. The van der Waals surface area contributed by atoms with Crippen molar-refractivity contribution in [2.45, 2.75) is 76.8 Å². The average Bonchev–Trinajstić information content (AvgIpc) is 2.42. The van der Waals surface area contributed by atoms with E-state index in [0.29, 0.717) is 37.4 Å². The molecule has 4 nitrogen and oxygen atoms in total. The van der Waals surface area contributed by atoms with Gasteiger partial charge in [0.15, 0.2) is 0 Å². The molecule has 0 unspecified atom stereocenters. The Balaban J connectivity index is 1.80. The molecule has 2 atom stereocenters. The second kappa shape index (κ2) is 4.93. The zero-order valence-electron chi connectivity index (χ0n) is 12.6. The zero-order chi connectivity index (χ0) is 14.4. The summed E-state index contributed by atoms with van der Waals surface area (Å²) < 4.78 is 6.27. The molecule has 0 aromatic rings. The molecule has 2 aliphatic carbocycles. The minimum Gasteiger partial charge on any atom is -0.337 e. The number of ether oxygens (including phenoxy) is 1. The van der Waals surface area contributed by atoms with Crippen molar-refractivity contribution in [2.24, 2.45) is 5.92 Å². The van der Waals surface area contributed by atoms with Gasteiger partial charge in [-0.05, 0) is 25.7 Å². The van der Waals surface area contributed by atoms with Crippen molar-refractivity contribution in [3.05, 3.63) is 11.6 Å². The van der Waals surface area contributed by atoms with Crippen LogP contribution in [0.4, 0.5) is 0 Å². The standard InChI is InChI=1S/C16H24O4/c1-11(2)12-4-7-15(3)14(10-12)18-16(20-19-15)8-5-13(17)6-9-16/h10-11,14H,4-9H2,1-3H3/t14-,15-/m1/s1. The zero-order valence-corrected chi connectivity index (χ0v) is 12.6. The molecule has 0 aromatic heterocycles. The van der Waals surface area contributed by atoms with Gasteiger partial charge in [-0.2, -0.15) is 0 Å². The van der Waals surface area contributed by atoms with Crippen LogP contribution in [-0.2, 0) is 19.3 Å². The molecule has 2 fully saturated rings. The molecule has 20 heavy (non-hydrogen) atoms. The SMILES string of the molecule is CC(C)C1=C[C@H]2OC3(CCC(=O)CC3)OO[C@]2(C)CC1. The summed E-state index contributed by atoms with van der Waals surface area (Å²) >= 11 is 0. The molecule has 0 N–H and O–H groups in total. The maximum atomic E-state index is 11.4. The topological polar surface area (TPSA) is 44.8 Å². The van der Waals surface area contributed by atoms with Gasteiger partial charge in [0.1, 0.15) is 17.5 Å². The highest BCUT2D eigenvalue weighted by atomic mass is 17.2. The summed E-state index contributed by atoms with van der Waals surface area (Å²) in [5.41, 5.74) is 1.03. The van der Waals surface area contributed by atoms with Crippen LogP contribution >= 0.6 is 0 Å². The Morgan fingerprint density at radius 2 is 1.85 bits per heavy atom. The monoisotopic (exact) mass is 280 g/mol. The van der Waals surface area contributed by atoms with E-state index in [1.807, 2.05) is 6.92 Å². The Kier molecular flexibility index (Phi) is 3.51. The largest absolute Gasteiger partial charge is 0.337 e. The predicted molar refractivity (Wildman–Crippen MR) is 73.8 cm³/mol. The average molecular weight is 280 g/mol. The molecule has 0 radical (unpaired) electrons. The van der Waals surface area contributed by atoms with Crippen molar-refractivity contribution in [3.63, 3.8) is 0 Å². The van der Waals surface area contributed by atoms with E-state index in [0.717, 1.165) is 12.8 Å². The Labute approximate surface area is 120 Å². The summed E-state index contributed by atoms with van der Waals surface area (Å²) in [5, 5.41) is 0. The van der Waals surface area contributed by atoms with E-state index >= 15 is 0 Å². The molecular formula is C16H24O4. The Hall–Kier alpha value is -0.710. The molecule has 1 aliphatic heterocycles. The van der Waals surface area contributed by atoms with Crippen molar-refractivity contribution in [1.29, 1.82) is 0 Å². The molecule has 3 aliphatic rings. The third kappa shape index (κ3) is 2.45. The smallest absolute Gasteiger partial charge is 0.203 e. The number of carbonyl (C=O) groups is 1. The Morgan fingerprint density at radius 3 is 2.50 bits per heavy atom. The van der Waals surface area contributed by atoms with Crippen molar-refractivity contribution in [2.75, 3.05) is 0 Å². The lowest BCUT2D eigenvalue weighted by Crippen LogP contribution is -2.58. The molecule has 112 valence electrons. The van der Waals surface area contributed by atoms with E-state index in [1.54, 1.807) is 0 Å². The van der Waals surface area contributed by atoms with E-state index < -0.39 is 11.4 Å². The third-order valence-corrected chi connectivity index (χ3v) is 4.91. The lowest BCUT2D eigenvalue weighted by Gasteiger charge is -2.50. The first kappa shape index (κ1) is 14.2. The van der Waals surface area contributed by atoms with Gasteiger partial charge in [0.05, 0.1) is 0 Å². The normalized spacial score (nSPS) is 36.9. The molecule has 3 rings (SSSR count). The minimum absolute atomic E-state index is 0.0735. The van der Waals surface area contributed by atoms with Gasteiger partial charge in [-0.25, -0.2) is 9.78 Å². The highest BCUT2D eigenvalue weighted by Crippen LogP contribution is 2.45. The third-order valence-electron chi connectivity index (χ3n) is 4.91. The first-order valence-electron chi connectivity index (χ1n) is 7.69. The molecule has 1 spiro atoms. The predicted octanol–water partition coefficient (Wildman–Crippen LogP) is 3.31. The number of hydrogen-bond donors (Lipinski definition) is 0. The van der Waals surface area contributed by atoms with E-state index in [-0.39, 0.29) is 6.10 Å². The first-order chi connectivity index (χ1) is 9.42. The van der Waals surface area contributed by atoms with Crippen molar-refractivity contribution >= 4 is 5.78 Å². The van der Waals surface area contributed by atoms with Crippen LogP contribution in [0.15, 0.2) is 11.6 Å². The van der Waals surface area contributed by atoms with Gasteiger partial charge in [-0.15, -0.1) is 0 Å². The summed E-state index contributed by atoms with van der Waals surface area (Å²) in [5.74, 6) is 0.113. The molecule has 4 heteroatoms. The second-order valence-electron chi connectivity index (χ2n) is 6.86. The Bertz CT molecular complexity index is 430. The van der Waals surface area contributed by atoms with Gasteiger partial charge in [0.25, 0.3) is 0 Å². The van der Waals surface area contributed by atoms with Crippen LogP contribution in [0.25, 0.3) is 0 Å². The van der Waals surface area contributed by atoms with Crippen LogP contribution in [0.3, 0.4) is 0 Å². The van der Waals surface area contributed by atoms with Crippen LogP contribution in [0.1, 0.15) is 59.3 Å². The second-order valence-corrected chi connectivity index (χ2v) is 6.86. The molecule has 1 saturated carbocycles. The van der Waals surface area contributed by atoms with Crippen molar-refractivity contribution in [1.82, 2.24) is 0 Å². The number of fused-ring (bicyclic) bond motifs is 1. The summed E-state index contributed by atoms with van der Waals surface area (Å²) in [7, 11) is 0. The molecule has 0 aromatic carbocycles. The van der Waals surface area contributed by atoms with Gasteiger partial charge < -0.3 is 4.74 Å². The molecular weight excluding hydrogens is 256 g/mol. The van der Waals surface area contributed by atoms with Gasteiger partial charge in [-0.1, -0.05) is 25.5 Å². The summed E-state index contributed by atoms with van der Waals surface area (Å²) in [4.78, 5) is 22.8. The summed E-state index contributed by atoms with van der Waals surface area (Å²) in [6, 6.07) is 0. The number of allylic oxidation sites excluding steroid dienone is 1. The Morgan fingerprint density at radius 1 is 1.15 bits per heavy atom. The number of ketones is 1. The lowest BCUT2D eigenvalue weighted by atomic mass is 9.80. The van der Waals surface area contributed by atoms with Crippen LogP contribution in [0, 0.1) is 5.92 Å². The van der Waals surface area contributed by atoms with Crippen molar-refractivity contribution in [3.8, 4) is 0 Å². The maximum Gasteiger partial charge on any atom is 0.203 e. The quantitative estimate of drug-likeness (QED) is 0.546. The molecule has 1 heterocycles. The first-order valence-corrected chi connectivity index (χ1v) is 7.69. The van der Waals surface area contributed by atoms with Gasteiger partial charge in [0.2, 0.25) is 5.79 Å². The van der Waals surface area contributed by atoms with E-state index in [2.05, 4.69) is 19.9 Å². The number of hydrogen-bond acceptors (Lipinski definition) is 4. The van der Waals surface area contributed by atoms with Crippen LogP contribution in [-0.4, -0.2) is 23.3 Å². The number of Topliss-reactive ketones (excluding diaryl/α,β-unsaturated/α-hetero) is 1. The number of carbonyl (C=O) groups excluding carboxylic acids is 1. The van der Waals surface area contributed by atoms with E-state index in [1.165, 1.54) is 5.57 Å². The maximum absolute atomic E-state index is 11.4. The van der Waals surface area contributed by atoms with E-state index in [4.69, 9.17) is 14.5 Å². The molecule has 1 saturated heterocycles. The van der Waals surface area contributed by atoms with E-state index in [9.17, 15) is 4.79 Å². The van der Waals surface area contributed by atoms with Gasteiger partial charge in [-0.3, -0.25) is 4.79 Å². The lowest BCUT2D eigenvalue weighted by molar-refractivity contribution is -0.525.